The van der Waals surface area contributed by atoms with E-state index in [2.05, 4.69) is 34.1 Å². The molecule has 1 fully saturated rings. The number of aliphatic hydroxyl groups is 1. The molecule has 0 aliphatic heterocycles. The molecule has 0 spiro atoms. The van der Waals surface area contributed by atoms with Crippen molar-refractivity contribution in [3.05, 3.63) is 26.7 Å². The third-order valence-electron chi connectivity index (χ3n) is 4.93. The summed E-state index contributed by atoms with van der Waals surface area (Å²) in [5.74, 6) is 1.28. The predicted molar refractivity (Wildman–Crippen MR) is 101 cm³/mol. The Hall–Kier alpha value is -1.54. The topological polar surface area (TPSA) is 92.9 Å². The molecular formula is C17H26N4O3S. The molecule has 0 radical (unpaired) electrons. The smallest absolute Gasteiger partial charge is 0.330 e. The first-order valence-electron chi connectivity index (χ1n) is 9.09. The molecule has 1 aliphatic carbocycles. The van der Waals surface area contributed by atoms with Crippen molar-refractivity contribution >= 4 is 23.8 Å². The van der Waals surface area contributed by atoms with Gasteiger partial charge in [0.15, 0.2) is 5.52 Å². The fourth-order valence-electron chi connectivity index (χ4n) is 3.77. The molecule has 0 bridgehead atoms. The molecule has 2 N–H and O–H groups in total. The second-order valence-corrected chi connectivity index (χ2v) is 7.54. The fraction of sp³-hybridized carbons (Fsp3) is 0.706. The van der Waals surface area contributed by atoms with Gasteiger partial charge in [0.05, 0.1) is 0 Å². The van der Waals surface area contributed by atoms with Gasteiger partial charge in [-0.2, -0.15) is 12.6 Å². The van der Waals surface area contributed by atoms with Crippen molar-refractivity contribution in [1.29, 1.82) is 0 Å². The molecule has 2 heterocycles. The zero-order valence-electron chi connectivity index (χ0n) is 14.6. The summed E-state index contributed by atoms with van der Waals surface area (Å²) >= 11 is 4.46. The second-order valence-electron chi connectivity index (χ2n) is 6.81. The molecule has 25 heavy (non-hydrogen) atoms. The van der Waals surface area contributed by atoms with Crippen molar-refractivity contribution < 1.29 is 5.11 Å². The third kappa shape index (κ3) is 3.55. The number of nitrogens with one attached hydrogen (secondary N) is 1. The first-order chi connectivity index (χ1) is 12.1. The number of H-pyrrole nitrogens is 1. The second kappa shape index (κ2) is 7.78. The van der Waals surface area contributed by atoms with Gasteiger partial charge in [-0.25, -0.2) is 9.78 Å². The molecule has 2 aromatic heterocycles. The number of thiol groups is 1. The fourth-order valence-corrected chi connectivity index (χ4v) is 4.05. The Morgan fingerprint density at radius 3 is 2.68 bits per heavy atom. The molecule has 7 nitrogen and oxygen atoms in total. The number of aromatic nitrogens is 4. The molecule has 0 saturated heterocycles. The van der Waals surface area contributed by atoms with E-state index in [-0.39, 0.29) is 11.9 Å². The molecule has 2 aromatic rings. The SMILES string of the molecule is CCCn1c(C2CCCC2)nc2c(=O)[nH]c(=O)n(CC(S)CCO)c21. The van der Waals surface area contributed by atoms with Gasteiger partial charge in [-0.05, 0) is 25.7 Å². The van der Waals surface area contributed by atoms with Gasteiger partial charge in [-0.15, -0.1) is 0 Å². The van der Waals surface area contributed by atoms with E-state index in [0.29, 0.717) is 30.0 Å². The van der Waals surface area contributed by atoms with E-state index in [4.69, 9.17) is 5.11 Å². The number of fused-ring (bicyclic) bond motifs is 1. The molecule has 1 saturated carbocycles. The van der Waals surface area contributed by atoms with Crippen LogP contribution in [-0.2, 0) is 13.1 Å². The minimum atomic E-state index is -0.440. The van der Waals surface area contributed by atoms with Crippen LogP contribution in [0.15, 0.2) is 9.59 Å². The zero-order chi connectivity index (χ0) is 18.0. The van der Waals surface area contributed by atoms with Gasteiger partial charge in [-0.1, -0.05) is 19.8 Å². The third-order valence-corrected chi connectivity index (χ3v) is 5.35. The summed E-state index contributed by atoms with van der Waals surface area (Å²) in [5.41, 5.74) is 0.0573. The maximum absolute atomic E-state index is 12.5. The molecule has 138 valence electrons. The van der Waals surface area contributed by atoms with Crippen molar-refractivity contribution in [2.75, 3.05) is 6.61 Å². The van der Waals surface area contributed by atoms with Crippen molar-refractivity contribution in [3.8, 4) is 0 Å². The maximum Gasteiger partial charge on any atom is 0.330 e. The van der Waals surface area contributed by atoms with E-state index < -0.39 is 11.2 Å². The predicted octanol–water partition coefficient (Wildman–Crippen LogP) is 1.63. The van der Waals surface area contributed by atoms with Gasteiger partial charge in [0, 0.05) is 30.9 Å². The Kier molecular flexibility index (Phi) is 5.68. The van der Waals surface area contributed by atoms with Gasteiger partial charge in [-0.3, -0.25) is 14.3 Å². The Morgan fingerprint density at radius 2 is 2.04 bits per heavy atom. The van der Waals surface area contributed by atoms with E-state index in [9.17, 15) is 9.59 Å². The lowest BCUT2D eigenvalue weighted by molar-refractivity contribution is 0.284. The Balaban J connectivity index is 2.20. The molecule has 1 atom stereocenters. The highest BCUT2D eigenvalue weighted by molar-refractivity contribution is 7.80. The molecule has 0 aromatic carbocycles. The number of nitrogens with zero attached hydrogens (tertiary/aromatic N) is 3. The Bertz CT molecular complexity index is 848. The largest absolute Gasteiger partial charge is 0.396 e. The summed E-state index contributed by atoms with van der Waals surface area (Å²) in [6.45, 7) is 3.14. The highest BCUT2D eigenvalue weighted by atomic mass is 32.1. The van der Waals surface area contributed by atoms with Crippen molar-refractivity contribution in [2.45, 2.75) is 69.7 Å². The lowest BCUT2D eigenvalue weighted by Crippen LogP contribution is -2.33. The van der Waals surface area contributed by atoms with Crippen LogP contribution in [0.4, 0.5) is 0 Å². The van der Waals surface area contributed by atoms with Crippen LogP contribution in [0.1, 0.15) is 57.2 Å². The monoisotopic (exact) mass is 366 g/mol. The molecule has 1 aliphatic rings. The molecule has 1 unspecified atom stereocenters. The molecular weight excluding hydrogens is 340 g/mol. The van der Waals surface area contributed by atoms with Crippen LogP contribution >= 0.6 is 12.6 Å². The van der Waals surface area contributed by atoms with Gasteiger partial charge in [0.2, 0.25) is 0 Å². The number of rotatable bonds is 7. The first kappa shape index (κ1) is 18.3. The van der Waals surface area contributed by atoms with Crippen LogP contribution in [0.5, 0.6) is 0 Å². The molecule has 3 rings (SSSR count). The highest BCUT2D eigenvalue weighted by Gasteiger charge is 2.26. The summed E-state index contributed by atoms with van der Waals surface area (Å²) in [5, 5.41) is 8.95. The minimum Gasteiger partial charge on any atom is -0.396 e. The normalized spacial score (nSPS) is 16.8. The summed E-state index contributed by atoms with van der Waals surface area (Å²) < 4.78 is 3.62. The molecule has 0 amide bonds. The van der Waals surface area contributed by atoms with Crippen molar-refractivity contribution in [1.82, 2.24) is 19.1 Å². The minimum absolute atomic E-state index is 0.0109. The summed E-state index contributed by atoms with van der Waals surface area (Å²) in [6, 6.07) is 0. The van der Waals surface area contributed by atoms with Crippen molar-refractivity contribution in [3.63, 3.8) is 0 Å². The van der Waals surface area contributed by atoms with E-state index in [1.54, 1.807) is 4.57 Å². The van der Waals surface area contributed by atoms with Gasteiger partial charge in [0.1, 0.15) is 11.5 Å². The lowest BCUT2D eigenvalue weighted by Gasteiger charge is -2.16. The van der Waals surface area contributed by atoms with E-state index in [1.165, 1.54) is 12.8 Å². The van der Waals surface area contributed by atoms with Gasteiger partial charge in [0.25, 0.3) is 5.56 Å². The molecule has 8 heteroatoms. The number of imidazole rings is 1. The lowest BCUT2D eigenvalue weighted by atomic mass is 10.1. The summed E-state index contributed by atoms with van der Waals surface area (Å²) in [4.78, 5) is 31.8. The van der Waals surface area contributed by atoms with Gasteiger partial charge >= 0.3 is 5.69 Å². The van der Waals surface area contributed by atoms with Gasteiger partial charge < -0.3 is 9.67 Å². The Labute approximate surface area is 151 Å². The Morgan fingerprint density at radius 1 is 1.32 bits per heavy atom. The average molecular weight is 366 g/mol. The standard InChI is InChI=1S/C17H26N4O3S/c1-2-8-20-14(11-5-3-4-6-11)18-13-15(23)19-17(24)21(16(13)20)10-12(25)7-9-22/h11-12,22,25H,2-10H2,1H3,(H,19,23,24). The number of aliphatic hydroxyl groups excluding tert-OH is 1. The zero-order valence-corrected chi connectivity index (χ0v) is 15.5. The van der Waals surface area contributed by atoms with E-state index in [0.717, 1.165) is 31.6 Å². The van der Waals surface area contributed by atoms with Crippen LogP contribution in [0.3, 0.4) is 0 Å². The van der Waals surface area contributed by atoms with E-state index in [1.807, 2.05) is 0 Å². The van der Waals surface area contributed by atoms with Crippen LogP contribution in [0.2, 0.25) is 0 Å². The van der Waals surface area contributed by atoms with Crippen LogP contribution in [0, 0.1) is 0 Å². The first-order valence-corrected chi connectivity index (χ1v) is 9.60. The quantitative estimate of drug-likeness (QED) is 0.650. The summed E-state index contributed by atoms with van der Waals surface area (Å²) in [6.07, 6.45) is 5.89. The highest BCUT2D eigenvalue weighted by Crippen LogP contribution is 2.34. The van der Waals surface area contributed by atoms with Crippen LogP contribution in [-0.4, -0.2) is 36.1 Å². The number of hydrogen-bond donors (Lipinski definition) is 3. The van der Waals surface area contributed by atoms with Crippen LogP contribution in [0.25, 0.3) is 11.2 Å². The average Bonchev–Trinajstić information content (AvgIpc) is 3.20. The summed E-state index contributed by atoms with van der Waals surface area (Å²) in [7, 11) is 0. The van der Waals surface area contributed by atoms with Crippen molar-refractivity contribution in [2.24, 2.45) is 0 Å². The van der Waals surface area contributed by atoms with Crippen LogP contribution < -0.4 is 11.2 Å². The number of hydrogen-bond acceptors (Lipinski definition) is 5. The maximum atomic E-state index is 12.5. The number of aromatic amines is 1. The van der Waals surface area contributed by atoms with E-state index >= 15 is 0 Å². The number of aryl methyl sites for hydroxylation is 1.